The van der Waals surface area contributed by atoms with Crippen LogP contribution in [0, 0.1) is 29.6 Å². The number of amides is 7. The number of carbonyl (C=O) groups is 8. The highest BCUT2D eigenvalue weighted by Gasteiger charge is 2.39. The Morgan fingerprint density at radius 3 is 1.61 bits per heavy atom. The summed E-state index contributed by atoms with van der Waals surface area (Å²) in [5.74, 6) is -12.5. The van der Waals surface area contributed by atoms with E-state index in [1.54, 1.807) is 6.92 Å². The summed E-state index contributed by atoms with van der Waals surface area (Å²) < 4.78 is 0. The minimum absolute atomic E-state index is 0.00447. The predicted molar refractivity (Wildman–Crippen MR) is 245 cm³/mol. The molecule has 0 rings (SSSR count). The van der Waals surface area contributed by atoms with Crippen molar-refractivity contribution in [2.45, 2.75) is 142 Å². The molecule has 0 radical (unpaired) electrons. The van der Waals surface area contributed by atoms with Crippen LogP contribution >= 0.6 is 0 Å². The minimum Gasteiger partial charge on any atom is -0.480 e. The molecule has 0 heterocycles. The highest BCUT2D eigenvalue weighted by atomic mass is 16.4. The van der Waals surface area contributed by atoms with Gasteiger partial charge in [0.2, 0.25) is 29.5 Å². The lowest BCUT2D eigenvalue weighted by Crippen LogP contribution is -2.60. The number of aliphatic hydroxyl groups excluding tert-OH is 4. The number of primary amides is 1. The van der Waals surface area contributed by atoms with Crippen molar-refractivity contribution in [1.29, 1.82) is 0 Å². The van der Waals surface area contributed by atoms with E-state index in [1.807, 2.05) is 13.8 Å². The van der Waals surface area contributed by atoms with Gasteiger partial charge in [-0.25, -0.2) is 4.79 Å². The Balaban J connectivity index is 6.32. The third kappa shape index (κ3) is 21.8. The first kappa shape index (κ1) is 60.9. The van der Waals surface area contributed by atoms with Crippen molar-refractivity contribution in [3.63, 3.8) is 0 Å². The lowest BCUT2D eigenvalue weighted by Gasteiger charge is -2.31. The first-order chi connectivity index (χ1) is 30.9. The number of guanidine groups is 2. The average Bonchev–Trinajstić information content (AvgIpc) is 3.23. The summed E-state index contributed by atoms with van der Waals surface area (Å²) in [6, 6.07) is -7.72. The summed E-state index contributed by atoms with van der Waals surface area (Å²) in [5.41, 5.74) is 26.1. The summed E-state index contributed by atoms with van der Waals surface area (Å²) in [4.78, 5) is 112. The van der Waals surface area contributed by atoms with Crippen molar-refractivity contribution in [3.05, 3.63) is 12.3 Å². The van der Waals surface area contributed by atoms with Crippen molar-refractivity contribution < 1.29 is 63.9 Å². The molecule has 67 heavy (non-hydrogen) atoms. The normalized spacial score (nSPS) is 17.0. The van der Waals surface area contributed by atoms with Crippen LogP contribution in [-0.4, -0.2) is 152 Å². The highest BCUT2D eigenvalue weighted by Crippen LogP contribution is 2.21. The molecule has 0 bridgehead atoms. The molecule has 0 aromatic rings. The van der Waals surface area contributed by atoms with Gasteiger partial charge in [0.1, 0.15) is 30.3 Å². The summed E-state index contributed by atoms with van der Waals surface area (Å²) in [6.45, 7) is 15.8. The Hall–Kier alpha value is -6.12. The molecule has 0 aromatic heterocycles. The van der Waals surface area contributed by atoms with E-state index < -0.39 is 125 Å². The number of carbonyl (C=O) groups excluding carboxylic acids is 7. The quantitative estimate of drug-likeness (QED) is 0.0134. The molecule has 26 heteroatoms. The number of hydrogen-bond donors (Lipinski definition) is 16. The Bertz CT molecular complexity index is 1770. The molecule has 21 N–H and O–H groups in total. The van der Waals surface area contributed by atoms with Crippen molar-refractivity contribution in [1.82, 2.24) is 31.9 Å². The van der Waals surface area contributed by atoms with E-state index >= 15 is 0 Å². The Labute approximate surface area is 390 Å². The van der Waals surface area contributed by atoms with Gasteiger partial charge in [-0.15, -0.1) is 0 Å². The standard InChI is InChI=1S/C41H75N13O13/c1-17(2)16-18(3)29(56)21(6)33(60)49-22(7)34(61)51-25(12-10-14-47-40(43)44)30(57)31(58)38(65)53-27(19(4)20(5)32(42)59)36(63)50-23(8)35(62)54-28(24(9)55)37(64)52-26(39(66)67)13-11-15-48-41(45)46/h17-22,24-31,55-58H,8,10-16H2,1-7,9H3,(H2,42,59)(H,49,60)(H,50,63)(H,51,61)(H,52,64)(H,53,65)(H,54,62)(H,66,67)(H4,43,44,47)(H4,45,46,48)/t18-,19+,20-,21-,22-,24-,25+,26-,27+,28-,29-,30-,31-/m1/s1. The maximum absolute atomic E-state index is 13.7. The van der Waals surface area contributed by atoms with Crippen LogP contribution in [0.4, 0.5) is 0 Å². The van der Waals surface area contributed by atoms with E-state index in [2.05, 4.69) is 48.5 Å². The number of nitrogens with zero attached hydrogens (tertiary/aromatic N) is 2. The van der Waals surface area contributed by atoms with Gasteiger partial charge in [-0.1, -0.05) is 48.1 Å². The fourth-order valence-corrected chi connectivity index (χ4v) is 6.63. The fraction of sp³-hybridized carbons (Fsp3) is 0.707. The van der Waals surface area contributed by atoms with Crippen LogP contribution < -0.4 is 60.6 Å². The third-order valence-corrected chi connectivity index (χ3v) is 10.9. The molecule has 0 aliphatic rings. The van der Waals surface area contributed by atoms with Crippen LogP contribution in [0.15, 0.2) is 22.3 Å². The number of aliphatic hydroxyl groups is 4. The van der Waals surface area contributed by atoms with Crippen molar-refractivity contribution in [2.24, 2.45) is 68.2 Å². The van der Waals surface area contributed by atoms with E-state index in [-0.39, 0.29) is 62.5 Å². The van der Waals surface area contributed by atoms with Crippen LogP contribution in [0.25, 0.3) is 0 Å². The van der Waals surface area contributed by atoms with Crippen molar-refractivity contribution >= 4 is 59.2 Å². The van der Waals surface area contributed by atoms with E-state index in [9.17, 15) is 63.9 Å². The predicted octanol–water partition coefficient (Wildman–Crippen LogP) is -5.21. The van der Waals surface area contributed by atoms with E-state index in [0.717, 1.165) is 6.92 Å². The van der Waals surface area contributed by atoms with Gasteiger partial charge in [-0.3, -0.25) is 43.5 Å². The topological polar surface area (TPSA) is 465 Å². The molecule has 0 fully saturated rings. The van der Waals surface area contributed by atoms with Gasteiger partial charge in [0, 0.05) is 19.0 Å². The van der Waals surface area contributed by atoms with Gasteiger partial charge >= 0.3 is 5.97 Å². The van der Waals surface area contributed by atoms with E-state index in [4.69, 9.17) is 28.7 Å². The van der Waals surface area contributed by atoms with Gasteiger partial charge < -0.3 is 86.1 Å². The smallest absolute Gasteiger partial charge is 0.326 e. The van der Waals surface area contributed by atoms with Gasteiger partial charge in [0.25, 0.3) is 11.8 Å². The molecule has 0 aliphatic heterocycles. The lowest BCUT2D eigenvalue weighted by molar-refractivity contribution is -0.143. The second-order valence-corrected chi connectivity index (χ2v) is 17.2. The maximum atomic E-state index is 13.7. The first-order valence-electron chi connectivity index (χ1n) is 21.8. The summed E-state index contributed by atoms with van der Waals surface area (Å²) in [5, 5.41) is 66.8. The van der Waals surface area contributed by atoms with Gasteiger partial charge in [0.15, 0.2) is 18.0 Å². The molecule has 0 aliphatic carbocycles. The second-order valence-electron chi connectivity index (χ2n) is 17.2. The second kappa shape index (κ2) is 29.5. The Morgan fingerprint density at radius 2 is 1.13 bits per heavy atom. The number of aliphatic imine (C=N–C) groups is 2. The molecule has 382 valence electrons. The summed E-state index contributed by atoms with van der Waals surface area (Å²) in [6.07, 6.45) is -6.55. The maximum Gasteiger partial charge on any atom is 0.326 e. The summed E-state index contributed by atoms with van der Waals surface area (Å²) >= 11 is 0. The lowest BCUT2D eigenvalue weighted by atomic mass is 9.87. The number of carboxylic acids is 1. The number of nitrogens with two attached hydrogens (primary N) is 5. The van der Waals surface area contributed by atoms with Crippen molar-refractivity contribution in [2.75, 3.05) is 13.1 Å². The average molecular weight is 958 g/mol. The molecule has 13 atom stereocenters. The minimum atomic E-state index is -2.39. The zero-order valence-electron chi connectivity index (χ0n) is 39.5. The van der Waals surface area contributed by atoms with Gasteiger partial charge in [0.05, 0.1) is 29.9 Å². The zero-order chi connectivity index (χ0) is 52.0. The molecule has 26 nitrogen and oxygen atoms in total. The van der Waals surface area contributed by atoms with Crippen LogP contribution in [0.3, 0.4) is 0 Å². The zero-order valence-corrected chi connectivity index (χ0v) is 39.5. The highest BCUT2D eigenvalue weighted by molar-refractivity contribution is 6.01. The van der Waals surface area contributed by atoms with E-state index in [1.165, 1.54) is 27.7 Å². The van der Waals surface area contributed by atoms with Crippen molar-refractivity contribution in [3.8, 4) is 0 Å². The number of rotatable bonds is 31. The largest absolute Gasteiger partial charge is 0.480 e. The number of nitrogens with one attached hydrogen (secondary N) is 6. The van der Waals surface area contributed by atoms with Crippen LogP contribution in [0.1, 0.15) is 87.5 Å². The SMILES string of the molecule is C=C(NC(=O)[C@@H](NC(=O)[C@H](O)[C@H](O)[C@H](CCCN=C(N)N)NC(=O)[C@@H](C)NC(=O)[C@H](C)[C@H](O)[C@H](C)CC(C)C)[C@@H](C)[C@@H](C)C(N)=O)C(=O)N[C@@H](C(=O)N[C@H](CCCN=C(N)N)C(=O)O)[C@@H](C)O. The van der Waals surface area contributed by atoms with Crippen LogP contribution in [-0.2, 0) is 38.4 Å². The molecular weight excluding hydrogens is 883 g/mol. The Kier molecular flexibility index (Phi) is 26.8. The first-order valence-corrected chi connectivity index (χ1v) is 21.8. The molecular formula is C41H75N13O13. The van der Waals surface area contributed by atoms with Crippen LogP contribution in [0.5, 0.6) is 0 Å². The molecule has 7 amide bonds. The van der Waals surface area contributed by atoms with Gasteiger partial charge in [-0.05, 0) is 63.7 Å². The molecule has 0 spiro atoms. The monoisotopic (exact) mass is 958 g/mol. The number of hydrogen-bond acceptors (Lipinski definition) is 14. The number of carboxylic acid groups (broad SMARTS) is 1. The molecule has 0 saturated carbocycles. The fourth-order valence-electron chi connectivity index (χ4n) is 6.63. The Morgan fingerprint density at radius 1 is 0.597 bits per heavy atom. The van der Waals surface area contributed by atoms with Crippen LogP contribution in [0.2, 0.25) is 0 Å². The molecule has 0 saturated heterocycles. The number of aliphatic carboxylic acids is 1. The molecule has 0 aromatic carbocycles. The summed E-state index contributed by atoms with van der Waals surface area (Å²) in [7, 11) is 0. The van der Waals surface area contributed by atoms with Gasteiger partial charge in [-0.2, -0.15) is 0 Å². The third-order valence-electron chi connectivity index (χ3n) is 10.9. The molecule has 0 unspecified atom stereocenters. The van der Waals surface area contributed by atoms with E-state index in [0.29, 0.717) is 6.42 Å².